The molecule has 8 heteroatoms. The number of piperazine rings is 1. The number of rotatable bonds is 5. The average Bonchev–Trinajstić information content (AvgIpc) is 3.29. The van der Waals surface area contributed by atoms with E-state index in [0.717, 1.165) is 36.3 Å². The lowest BCUT2D eigenvalue weighted by Crippen LogP contribution is -2.56. The lowest BCUT2D eigenvalue weighted by Gasteiger charge is -2.48. The molecule has 0 aromatic carbocycles. The molecule has 1 saturated carbocycles. The summed E-state index contributed by atoms with van der Waals surface area (Å²) in [7, 11) is 1.81. The van der Waals surface area contributed by atoms with Gasteiger partial charge in [-0.15, -0.1) is 11.3 Å². The van der Waals surface area contributed by atoms with Crippen molar-refractivity contribution in [2.45, 2.75) is 45.1 Å². The van der Waals surface area contributed by atoms with E-state index in [1.165, 1.54) is 0 Å². The zero-order valence-corrected chi connectivity index (χ0v) is 19.2. The van der Waals surface area contributed by atoms with E-state index < -0.39 is 5.97 Å². The number of fused-ring (bicyclic) bond motifs is 1. The number of thiophene rings is 1. The van der Waals surface area contributed by atoms with Crippen LogP contribution in [0.25, 0.3) is 0 Å². The van der Waals surface area contributed by atoms with Gasteiger partial charge in [0, 0.05) is 55.8 Å². The molecule has 4 rings (SSSR count). The number of carbonyl (C=O) groups is 3. The van der Waals surface area contributed by atoms with Crippen LogP contribution in [0.3, 0.4) is 0 Å². The summed E-state index contributed by atoms with van der Waals surface area (Å²) in [4.78, 5) is 45.6. The van der Waals surface area contributed by atoms with Crippen molar-refractivity contribution >= 4 is 29.1 Å². The van der Waals surface area contributed by atoms with Crippen molar-refractivity contribution in [1.29, 1.82) is 0 Å². The molecule has 2 amide bonds. The Kier molecular flexibility index (Phi) is 6.65. The van der Waals surface area contributed by atoms with E-state index in [9.17, 15) is 14.4 Å². The number of hydrogen-bond donors (Lipinski definition) is 0. The van der Waals surface area contributed by atoms with E-state index >= 15 is 0 Å². The first-order chi connectivity index (χ1) is 15.0. The maximum atomic E-state index is 13.2. The van der Waals surface area contributed by atoms with E-state index in [-0.39, 0.29) is 36.0 Å². The highest BCUT2D eigenvalue weighted by atomic mass is 32.1. The van der Waals surface area contributed by atoms with E-state index in [1.54, 1.807) is 23.2 Å². The molecule has 0 bridgehead atoms. The van der Waals surface area contributed by atoms with Gasteiger partial charge in [0.05, 0.1) is 13.0 Å². The summed E-state index contributed by atoms with van der Waals surface area (Å²) in [6.07, 6.45) is 4.57. The van der Waals surface area contributed by atoms with E-state index in [0.29, 0.717) is 32.6 Å². The summed E-state index contributed by atoms with van der Waals surface area (Å²) in [6.45, 7) is 4.47. The van der Waals surface area contributed by atoms with Gasteiger partial charge < -0.3 is 19.4 Å². The van der Waals surface area contributed by atoms with Gasteiger partial charge in [0.25, 0.3) is 5.91 Å². The summed E-state index contributed by atoms with van der Waals surface area (Å²) >= 11 is 1.60. The minimum atomic E-state index is -0.519. The fourth-order valence-electron chi connectivity index (χ4n) is 5.17. The molecule has 1 aliphatic carbocycles. The number of amides is 2. The monoisotopic (exact) mass is 445 g/mol. The molecule has 3 aliphatic rings. The van der Waals surface area contributed by atoms with Crippen LogP contribution < -0.4 is 0 Å². The molecular weight excluding hydrogens is 414 g/mol. The second kappa shape index (κ2) is 9.42. The second-order valence-corrected chi connectivity index (χ2v) is 9.51. The molecule has 31 heavy (non-hydrogen) atoms. The highest BCUT2D eigenvalue weighted by Crippen LogP contribution is 2.40. The lowest BCUT2D eigenvalue weighted by atomic mass is 9.76. The van der Waals surface area contributed by atoms with Gasteiger partial charge in [-0.2, -0.15) is 0 Å². The smallest absolute Gasteiger partial charge is 0.345 e. The molecule has 0 radical (unpaired) electrons. The van der Waals surface area contributed by atoms with Gasteiger partial charge >= 0.3 is 5.97 Å². The van der Waals surface area contributed by atoms with Crippen LogP contribution in [0.4, 0.5) is 0 Å². The molecule has 2 atom stereocenters. The maximum absolute atomic E-state index is 13.2. The highest BCUT2D eigenvalue weighted by Gasteiger charge is 2.46. The average molecular weight is 446 g/mol. The van der Waals surface area contributed by atoms with Crippen molar-refractivity contribution in [3.8, 4) is 0 Å². The molecular formula is C23H31N3O4S. The van der Waals surface area contributed by atoms with E-state index in [1.807, 2.05) is 29.5 Å². The molecule has 0 spiro atoms. The highest BCUT2D eigenvalue weighted by molar-refractivity contribution is 7.10. The van der Waals surface area contributed by atoms with Gasteiger partial charge in [-0.3, -0.25) is 9.59 Å². The van der Waals surface area contributed by atoms with Crippen molar-refractivity contribution in [3.05, 3.63) is 33.7 Å². The van der Waals surface area contributed by atoms with Crippen molar-refractivity contribution in [2.75, 3.05) is 39.8 Å². The van der Waals surface area contributed by atoms with Crippen LogP contribution in [-0.2, 0) is 25.5 Å². The molecule has 168 valence electrons. The zero-order chi connectivity index (χ0) is 22.0. The van der Waals surface area contributed by atoms with Gasteiger partial charge in [-0.05, 0) is 31.2 Å². The standard InChI is InChI=1S/C23H31N3O4S/c1-3-30-23(29)20-21(17-8-4-5-9-18(17)24(2)22(20)28)26-12-10-25(11-13-26)19(27)15-16-7-6-14-31-16/h6-7,14,17-18H,3-5,8-13,15H2,1-2H3. The van der Waals surface area contributed by atoms with Gasteiger partial charge in [0.15, 0.2) is 0 Å². The Morgan fingerprint density at radius 3 is 2.58 bits per heavy atom. The van der Waals surface area contributed by atoms with Crippen LogP contribution in [0.1, 0.15) is 37.5 Å². The quantitative estimate of drug-likeness (QED) is 0.514. The van der Waals surface area contributed by atoms with Gasteiger partial charge in [-0.1, -0.05) is 18.9 Å². The number of nitrogens with zero attached hydrogens (tertiary/aromatic N) is 3. The third-order valence-corrected chi connectivity index (χ3v) is 7.60. The van der Waals surface area contributed by atoms with Crippen LogP contribution in [0, 0.1) is 5.92 Å². The van der Waals surface area contributed by atoms with Gasteiger partial charge in [-0.25, -0.2) is 4.79 Å². The molecule has 2 fully saturated rings. The minimum Gasteiger partial charge on any atom is -0.462 e. The van der Waals surface area contributed by atoms with E-state index in [2.05, 4.69) is 4.90 Å². The van der Waals surface area contributed by atoms with Crippen LogP contribution in [-0.4, -0.2) is 78.4 Å². The van der Waals surface area contributed by atoms with E-state index in [4.69, 9.17) is 4.74 Å². The van der Waals surface area contributed by atoms with Crippen LogP contribution in [0.15, 0.2) is 28.8 Å². The van der Waals surface area contributed by atoms with Crippen molar-refractivity contribution in [1.82, 2.24) is 14.7 Å². The predicted octanol–water partition coefficient (Wildman–Crippen LogP) is 2.28. The summed E-state index contributed by atoms with van der Waals surface area (Å²) in [6, 6.07) is 4.09. The summed E-state index contributed by atoms with van der Waals surface area (Å²) in [5, 5.41) is 1.99. The topological polar surface area (TPSA) is 70.2 Å². The third-order valence-electron chi connectivity index (χ3n) is 6.73. The summed E-state index contributed by atoms with van der Waals surface area (Å²) < 4.78 is 5.28. The lowest BCUT2D eigenvalue weighted by molar-refractivity contribution is -0.144. The van der Waals surface area contributed by atoms with Gasteiger partial charge in [0.2, 0.25) is 5.91 Å². The van der Waals surface area contributed by atoms with Crippen LogP contribution in [0.5, 0.6) is 0 Å². The number of hydrogen-bond acceptors (Lipinski definition) is 6. The Bertz CT molecular complexity index is 858. The first kappa shape index (κ1) is 21.9. The number of ether oxygens (including phenoxy) is 1. The maximum Gasteiger partial charge on any atom is 0.345 e. The zero-order valence-electron chi connectivity index (χ0n) is 18.3. The normalized spacial score (nSPS) is 24.3. The van der Waals surface area contributed by atoms with Crippen molar-refractivity contribution in [3.63, 3.8) is 0 Å². The molecule has 1 aromatic rings. The SMILES string of the molecule is CCOC(=O)C1=C(N2CCN(C(=O)Cc3cccs3)CC2)C2CCCCC2N(C)C1=O. The Morgan fingerprint density at radius 2 is 1.90 bits per heavy atom. The number of carbonyl (C=O) groups excluding carboxylic acids is 3. The Balaban J connectivity index is 1.55. The molecule has 7 nitrogen and oxygen atoms in total. The van der Waals surface area contributed by atoms with Crippen molar-refractivity contribution < 1.29 is 19.1 Å². The Morgan fingerprint density at radius 1 is 1.16 bits per heavy atom. The fourth-order valence-corrected chi connectivity index (χ4v) is 5.87. The second-order valence-electron chi connectivity index (χ2n) is 8.48. The van der Waals surface area contributed by atoms with Gasteiger partial charge in [0.1, 0.15) is 5.57 Å². The van der Waals surface area contributed by atoms with Crippen LogP contribution >= 0.6 is 11.3 Å². The Hall–Kier alpha value is -2.35. The molecule has 2 aliphatic heterocycles. The predicted molar refractivity (Wildman–Crippen MR) is 118 cm³/mol. The third kappa shape index (κ3) is 4.35. The molecule has 3 heterocycles. The first-order valence-electron chi connectivity index (χ1n) is 11.2. The first-order valence-corrected chi connectivity index (χ1v) is 12.1. The largest absolute Gasteiger partial charge is 0.462 e. The molecule has 1 saturated heterocycles. The van der Waals surface area contributed by atoms with Crippen LogP contribution in [0.2, 0.25) is 0 Å². The summed E-state index contributed by atoms with van der Waals surface area (Å²) in [5.74, 6) is -0.455. The number of esters is 1. The number of likely N-dealkylation sites (N-methyl/N-ethyl adjacent to an activating group) is 1. The molecule has 2 unspecified atom stereocenters. The Labute approximate surface area is 187 Å². The molecule has 1 aromatic heterocycles. The fraction of sp³-hybridized carbons (Fsp3) is 0.609. The minimum absolute atomic E-state index is 0.132. The van der Waals surface area contributed by atoms with Crippen molar-refractivity contribution in [2.24, 2.45) is 5.92 Å². The summed E-state index contributed by atoms with van der Waals surface area (Å²) in [5.41, 5.74) is 1.06. The molecule has 0 N–H and O–H groups in total.